The van der Waals surface area contributed by atoms with Crippen molar-refractivity contribution in [3.63, 3.8) is 0 Å². The summed E-state index contributed by atoms with van der Waals surface area (Å²) in [5.74, 6) is -0.253. The highest BCUT2D eigenvalue weighted by molar-refractivity contribution is 5.84. The minimum absolute atomic E-state index is 0.0420. The van der Waals surface area contributed by atoms with Gasteiger partial charge in [0, 0.05) is 13.1 Å². The monoisotopic (exact) mass is 239 g/mol. The zero-order valence-electron chi connectivity index (χ0n) is 10.0. The third-order valence-electron chi connectivity index (χ3n) is 3.32. The fourth-order valence-electron chi connectivity index (χ4n) is 2.00. The van der Waals surface area contributed by atoms with Gasteiger partial charge in [-0.2, -0.15) is 0 Å². The zero-order valence-corrected chi connectivity index (χ0v) is 10.0. The van der Waals surface area contributed by atoms with E-state index in [1.54, 1.807) is 6.07 Å². The van der Waals surface area contributed by atoms with Crippen LogP contribution >= 0.6 is 0 Å². The van der Waals surface area contributed by atoms with Crippen molar-refractivity contribution in [3.05, 3.63) is 23.7 Å². The summed E-state index contributed by atoms with van der Waals surface area (Å²) in [4.78, 5) is 12.7. The van der Waals surface area contributed by atoms with E-state index in [1.165, 1.54) is 6.07 Å². The molecule has 1 aliphatic rings. The Balaban J connectivity index is 1.89. The summed E-state index contributed by atoms with van der Waals surface area (Å²) < 4.78 is 5.16. The highest BCUT2D eigenvalue weighted by Crippen LogP contribution is 2.29. The third kappa shape index (κ3) is 2.35. The van der Waals surface area contributed by atoms with E-state index in [9.17, 15) is 9.90 Å². The molecule has 0 saturated carbocycles. The van der Waals surface area contributed by atoms with Crippen molar-refractivity contribution < 1.29 is 19.4 Å². The van der Waals surface area contributed by atoms with E-state index >= 15 is 0 Å². The number of β-amino-alcohol motifs (C(OH)–C–C–N with tert-alkyl or cyclic N) is 1. The van der Waals surface area contributed by atoms with E-state index < -0.39 is 11.6 Å². The molecule has 0 aliphatic carbocycles. The Morgan fingerprint density at radius 2 is 2.18 bits per heavy atom. The molecular weight excluding hydrogens is 222 g/mol. The molecular formula is C12H17NO4. The van der Waals surface area contributed by atoms with Crippen molar-refractivity contribution in [2.24, 2.45) is 5.92 Å². The summed E-state index contributed by atoms with van der Waals surface area (Å²) in [6, 6.07) is 3.11. The number of likely N-dealkylation sites (tertiary alicyclic amines) is 1. The van der Waals surface area contributed by atoms with Gasteiger partial charge in [-0.1, -0.05) is 13.8 Å². The number of aliphatic hydroxyl groups is 1. The second-order valence-corrected chi connectivity index (χ2v) is 4.97. The molecule has 0 unspecified atom stereocenters. The van der Waals surface area contributed by atoms with Crippen molar-refractivity contribution in [2.45, 2.75) is 26.0 Å². The Morgan fingerprint density at radius 3 is 2.65 bits per heavy atom. The fourth-order valence-corrected chi connectivity index (χ4v) is 2.00. The van der Waals surface area contributed by atoms with Crippen molar-refractivity contribution >= 4 is 5.97 Å². The molecule has 2 rings (SSSR count). The molecule has 0 bridgehead atoms. The van der Waals surface area contributed by atoms with Crippen LogP contribution in [0.15, 0.2) is 16.5 Å². The van der Waals surface area contributed by atoms with E-state index in [1.807, 2.05) is 18.7 Å². The summed E-state index contributed by atoms with van der Waals surface area (Å²) in [7, 11) is 0. The first kappa shape index (κ1) is 12.1. The van der Waals surface area contributed by atoms with Gasteiger partial charge in [0.2, 0.25) is 5.76 Å². The van der Waals surface area contributed by atoms with Crippen LogP contribution in [-0.4, -0.2) is 39.8 Å². The van der Waals surface area contributed by atoms with Gasteiger partial charge in [-0.25, -0.2) is 4.79 Å². The zero-order chi connectivity index (χ0) is 12.6. The number of carboxylic acid groups (broad SMARTS) is 1. The molecule has 2 heterocycles. The molecule has 2 N–H and O–H groups in total. The van der Waals surface area contributed by atoms with E-state index in [-0.39, 0.29) is 11.7 Å². The van der Waals surface area contributed by atoms with Gasteiger partial charge in [-0.05, 0) is 18.1 Å². The number of nitrogens with zero attached hydrogens (tertiary/aromatic N) is 1. The minimum atomic E-state index is -1.06. The standard InChI is InChI=1S/C12H17NO4/c1-8(2)12(16)6-13(7-12)5-9-3-4-10(17-9)11(14)15/h3-4,8,16H,5-7H2,1-2H3,(H,14,15). The van der Waals surface area contributed by atoms with Crippen LogP contribution in [-0.2, 0) is 6.54 Å². The van der Waals surface area contributed by atoms with Crippen molar-refractivity contribution in [2.75, 3.05) is 13.1 Å². The predicted octanol–water partition coefficient (Wildman–Crippen LogP) is 1.18. The average molecular weight is 239 g/mol. The second-order valence-electron chi connectivity index (χ2n) is 4.97. The molecule has 5 nitrogen and oxygen atoms in total. The van der Waals surface area contributed by atoms with Gasteiger partial charge in [-0.15, -0.1) is 0 Å². The molecule has 1 aromatic heterocycles. The van der Waals surface area contributed by atoms with Gasteiger partial charge >= 0.3 is 5.97 Å². The Kier molecular flexibility index (Phi) is 2.97. The molecule has 1 aromatic rings. The van der Waals surface area contributed by atoms with Crippen LogP contribution in [0.4, 0.5) is 0 Å². The first-order valence-corrected chi connectivity index (χ1v) is 5.67. The SMILES string of the molecule is CC(C)C1(O)CN(Cc2ccc(C(=O)O)o2)C1. The topological polar surface area (TPSA) is 73.9 Å². The van der Waals surface area contributed by atoms with Crippen LogP contribution in [0.5, 0.6) is 0 Å². The molecule has 94 valence electrons. The lowest BCUT2D eigenvalue weighted by atomic mass is 9.83. The first-order valence-electron chi connectivity index (χ1n) is 5.67. The summed E-state index contributed by atoms with van der Waals surface area (Å²) in [6.07, 6.45) is 0. The largest absolute Gasteiger partial charge is 0.475 e. The highest BCUT2D eigenvalue weighted by atomic mass is 16.4. The van der Waals surface area contributed by atoms with Crippen molar-refractivity contribution in [1.82, 2.24) is 4.90 Å². The van der Waals surface area contributed by atoms with Crippen LogP contribution in [0, 0.1) is 5.92 Å². The second kappa shape index (κ2) is 4.16. The maximum atomic E-state index is 10.6. The van der Waals surface area contributed by atoms with Gasteiger partial charge < -0.3 is 14.6 Å². The summed E-state index contributed by atoms with van der Waals surface area (Å²) >= 11 is 0. The Labute approximate surface area is 99.6 Å². The molecule has 17 heavy (non-hydrogen) atoms. The maximum absolute atomic E-state index is 10.6. The molecule has 1 saturated heterocycles. The lowest BCUT2D eigenvalue weighted by Crippen LogP contribution is -2.63. The molecule has 0 atom stereocenters. The van der Waals surface area contributed by atoms with E-state index in [0.717, 1.165) is 0 Å². The summed E-state index contributed by atoms with van der Waals surface area (Å²) in [5.41, 5.74) is -0.609. The Bertz CT molecular complexity index is 418. The number of carboxylic acids is 1. The lowest BCUT2D eigenvalue weighted by Gasteiger charge is -2.48. The van der Waals surface area contributed by atoms with Crippen molar-refractivity contribution in [1.29, 1.82) is 0 Å². The van der Waals surface area contributed by atoms with Gasteiger partial charge in [-0.3, -0.25) is 4.90 Å². The Morgan fingerprint density at radius 1 is 1.53 bits per heavy atom. The third-order valence-corrected chi connectivity index (χ3v) is 3.32. The van der Waals surface area contributed by atoms with E-state index in [2.05, 4.69) is 0 Å². The fraction of sp³-hybridized carbons (Fsp3) is 0.583. The molecule has 0 radical (unpaired) electrons. The smallest absolute Gasteiger partial charge is 0.371 e. The normalized spacial score (nSPS) is 19.3. The van der Waals surface area contributed by atoms with Gasteiger partial charge in [0.1, 0.15) is 5.76 Å². The number of carbonyl (C=O) groups is 1. The van der Waals surface area contributed by atoms with Crippen LogP contribution in [0.25, 0.3) is 0 Å². The van der Waals surface area contributed by atoms with Gasteiger partial charge in [0.15, 0.2) is 0 Å². The quantitative estimate of drug-likeness (QED) is 0.825. The molecule has 1 fully saturated rings. The summed E-state index contributed by atoms with van der Waals surface area (Å²) in [6.45, 7) is 5.74. The lowest BCUT2D eigenvalue weighted by molar-refractivity contribution is -0.132. The number of hydrogen-bond donors (Lipinski definition) is 2. The van der Waals surface area contributed by atoms with Crippen LogP contribution in [0.1, 0.15) is 30.2 Å². The maximum Gasteiger partial charge on any atom is 0.371 e. The number of hydrogen-bond acceptors (Lipinski definition) is 4. The van der Waals surface area contributed by atoms with Crippen LogP contribution in [0.3, 0.4) is 0 Å². The molecule has 5 heteroatoms. The molecule has 0 amide bonds. The van der Waals surface area contributed by atoms with Crippen LogP contribution in [0.2, 0.25) is 0 Å². The molecule has 0 aromatic carbocycles. The number of aromatic carboxylic acids is 1. The Hall–Kier alpha value is -1.33. The molecule has 0 spiro atoms. The van der Waals surface area contributed by atoms with Gasteiger partial charge in [0.25, 0.3) is 0 Å². The van der Waals surface area contributed by atoms with Gasteiger partial charge in [0.05, 0.1) is 12.1 Å². The molecule has 1 aliphatic heterocycles. The predicted molar refractivity (Wildman–Crippen MR) is 60.7 cm³/mol. The highest BCUT2D eigenvalue weighted by Gasteiger charge is 2.43. The minimum Gasteiger partial charge on any atom is -0.475 e. The average Bonchev–Trinajstić information content (AvgIpc) is 2.63. The number of furan rings is 1. The van der Waals surface area contributed by atoms with E-state index in [0.29, 0.717) is 25.4 Å². The van der Waals surface area contributed by atoms with Crippen LogP contribution < -0.4 is 0 Å². The van der Waals surface area contributed by atoms with E-state index in [4.69, 9.17) is 9.52 Å². The van der Waals surface area contributed by atoms with Crippen molar-refractivity contribution in [3.8, 4) is 0 Å². The first-order chi connectivity index (χ1) is 7.90. The number of rotatable bonds is 4. The summed E-state index contributed by atoms with van der Waals surface area (Å²) in [5, 5.41) is 18.8.